The molecule has 2 aromatic rings. The Morgan fingerprint density at radius 3 is 3.00 bits per heavy atom. The van der Waals surface area contributed by atoms with E-state index in [0.717, 1.165) is 28.1 Å². The van der Waals surface area contributed by atoms with Crippen LogP contribution in [0.4, 0.5) is 0 Å². The Labute approximate surface area is 120 Å². The van der Waals surface area contributed by atoms with E-state index in [1.165, 1.54) is 12.8 Å². The first-order valence-corrected chi connectivity index (χ1v) is 7.17. The lowest BCUT2D eigenvalue weighted by molar-refractivity contribution is 0.414. The van der Waals surface area contributed by atoms with Gasteiger partial charge in [-0.15, -0.1) is 0 Å². The fraction of sp³-hybridized carbons (Fsp3) is 0.357. The van der Waals surface area contributed by atoms with Gasteiger partial charge in [0.25, 0.3) is 0 Å². The minimum Gasteiger partial charge on any atom is -0.497 e. The summed E-state index contributed by atoms with van der Waals surface area (Å²) in [6.45, 7) is 0.833. The molecule has 0 radical (unpaired) electrons. The molecule has 0 bridgehead atoms. The van der Waals surface area contributed by atoms with E-state index < -0.39 is 0 Å². The molecule has 1 aromatic heterocycles. The van der Waals surface area contributed by atoms with Crippen LogP contribution in [0.3, 0.4) is 0 Å². The van der Waals surface area contributed by atoms with Gasteiger partial charge in [-0.3, -0.25) is 0 Å². The van der Waals surface area contributed by atoms with E-state index in [1.54, 1.807) is 7.11 Å². The van der Waals surface area contributed by atoms with Gasteiger partial charge in [-0.25, -0.2) is 4.68 Å². The molecule has 1 aromatic carbocycles. The monoisotopic (exact) mass is 321 g/mol. The van der Waals surface area contributed by atoms with Crippen LogP contribution in [-0.2, 0) is 6.54 Å². The zero-order valence-corrected chi connectivity index (χ0v) is 12.4. The summed E-state index contributed by atoms with van der Waals surface area (Å²) < 4.78 is 8.12. The van der Waals surface area contributed by atoms with Crippen LogP contribution in [0.25, 0.3) is 5.69 Å². The smallest absolute Gasteiger partial charge is 0.121 e. The van der Waals surface area contributed by atoms with Crippen LogP contribution in [0.5, 0.6) is 5.75 Å². The maximum atomic E-state index is 5.25. The average molecular weight is 322 g/mol. The van der Waals surface area contributed by atoms with E-state index in [4.69, 9.17) is 4.74 Å². The second kappa shape index (κ2) is 5.35. The Bertz CT molecular complexity index is 578. The molecule has 0 atom stereocenters. The standard InChI is InChI=1S/C14H16BrN3O/c1-19-12-4-5-13(15)14(8-12)18-7-6-11(17-18)9-16-10-2-3-10/h4-8,10,16H,2-3,9H2,1H3. The lowest BCUT2D eigenvalue weighted by Crippen LogP contribution is -2.15. The summed E-state index contributed by atoms with van der Waals surface area (Å²) in [6.07, 6.45) is 4.56. The highest BCUT2D eigenvalue weighted by atomic mass is 79.9. The van der Waals surface area contributed by atoms with Gasteiger partial charge in [-0.05, 0) is 47.0 Å². The van der Waals surface area contributed by atoms with Crippen molar-refractivity contribution >= 4 is 15.9 Å². The molecule has 3 rings (SSSR count). The van der Waals surface area contributed by atoms with Crippen molar-refractivity contribution in [1.29, 1.82) is 0 Å². The molecule has 0 spiro atoms. The molecule has 0 unspecified atom stereocenters. The van der Waals surface area contributed by atoms with E-state index in [-0.39, 0.29) is 0 Å². The third kappa shape index (κ3) is 2.98. The zero-order chi connectivity index (χ0) is 13.2. The maximum Gasteiger partial charge on any atom is 0.121 e. The van der Waals surface area contributed by atoms with Crippen molar-refractivity contribution in [3.63, 3.8) is 0 Å². The lowest BCUT2D eigenvalue weighted by atomic mass is 10.3. The van der Waals surface area contributed by atoms with E-state index >= 15 is 0 Å². The average Bonchev–Trinajstić information content (AvgIpc) is 3.15. The molecule has 4 nitrogen and oxygen atoms in total. The van der Waals surface area contributed by atoms with Gasteiger partial charge in [-0.1, -0.05) is 0 Å². The van der Waals surface area contributed by atoms with Crippen LogP contribution in [0.15, 0.2) is 34.9 Å². The van der Waals surface area contributed by atoms with Crippen LogP contribution >= 0.6 is 15.9 Å². The summed E-state index contributed by atoms with van der Waals surface area (Å²) in [4.78, 5) is 0. The van der Waals surface area contributed by atoms with Gasteiger partial charge < -0.3 is 10.1 Å². The van der Waals surface area contributed by atoms with Gasteiger partial charge >= 0.3 is 0 Å². The number of methoxy groups -OCH3 is 1. The third-order valence-electron chi connectivity index (χ3n) is 3.19. The molecular formula is C14H16BrN3O. The lowest BCUT2D eigenvalue weighted by Gasteiger charge is -2.07. The summed E-state index contributed by atoms with van der Waals surface area (Å²) in [5, 5.41) is 8.05. The number of rotatable bonds is 5. The molecule has 1 heterocycles. The maximum absolute atomic E-state index is 5.25. The van der Waals surface area contributed by atoms with Gasteiger partial charge in [0, 0.05) is 29.3 Å². The first-order chi connectivity index (χ1) is 9.26. The van der Waals surface area contributed by atoms with Crippen molar-refractivity contribution in [3.05, 3.63) is 40.6 Å². The van der Waals surface area contributed by atoms with E-state index in [1.807, 2.05) is 35.1 Å². The molecule has 19 heavy (non-hydrogen) atoms. The van der Waals surface area contributed by atoms with Gasteiger partial charge in [-0.2, -0.15) is 5.10 Å². The fourth-order valence-electron chi connectivity index (χ4n) is 1.92. The van der Waals surface area contributed by atoms with E-state index in [2.05, 4.69) is 26.3 Å². The number of nitrogens with zero attached hydrogens (tertiary/aromatic N) is 2. The van der Waals surface area contributed by atoms with Crippen LogP contribution in [0.2, 0.25) is 0 Å². The molecular weight excluding hydrogens is 306 g/mol. The predicted molar refractivity (Wildman–Crippen MR) is 77.7 cm³/mol. The summed E-state index contributed by atoms with van der Waals surface area (Å²) in [5.41, 5.74) is 2.04. The molecule has 0 amide bonds. The molecule has 1 saturated carbocycles. The summed E-state index contributed by atoms with van der Waals surface area (Å²) >= 11 is 3.55. The van der Waals surface area contributed by atoms with Crippen molar-refractivity contribution in [2.75, 3.05) is 7.11 Å². The van der Waals surface area contributed by atoms with Crippen LogP contribution < -0.4 is 10.1 Å². The number of aromatic nitrogens is 2. The first kappa shape index (κ1) is 12.7. The third-order valence-corrected chi connectivity index (χ3v) is 3.86. The van der Waals surface area contributed by atoms with Crippen LogP contribution in [0, 0.1) is 0 Å². The largest absolute Gasteiger partial charge is 0.497 e. The van der Waals surface area contributed by atoms with Crippen molar-refractivity contribution in [1.82, 2.24) is 15.1 Å². The minimum absolute atomic E-state index is 0.703. The highest BCUT2D eigenvalue weighted by Gasteiger charge is 2.20. The summed E-state index contributed by atoms with van der Waals surface area (Å²) in [6, 6.07) is 8.61. The summed E-state index contributed by atoms with van der Waals surface area (Å²) in [7, 11) is 1.67. The fourth-order valence-corrected chi connectivity index (χ4v) is 2.35. The minimum atomic E-state index is 0.703. The molecule has 1 aliphatic carbocycles. The quantitative estimate of drug-likeness (QED) is 0.920. The molecule has 1 N–H and O–H groups in total. The van der Waals surface area contributed by atoms with E-state index in [0.29, 0.717) is 6.04 Å². The second-order valence-electron chi connectivity index (χ2n) is 4.72. The highest BCUT2D eigenvalue weighted by molar-refractivity contribution is 9.10. The Hall–Kier alpha value is -1.33. The number of hydrogen-bond donors (Lipinski definition) is 1. The Morgan fingerprint density at radius 2 is 2.26 bits per heavy atom. The number of benzene rings is 1. The van der Waals surface area contributed by atoms with Crippen LogP contribution in [0.1, 0.15) is 18.5 Å². The number of hydrogen-bond acceptors (Lipinski definition) is 3. The Balaban J connectivity index is 1.80. The Morgan fingerprint density at radius 1 is 1.42 bits per heavy atom. The first-order valence-electron chi connectivity index (χ1n) is 6.38. The van der Waals surface area contributed by atoms with Crippen LogP contribution in [-0.4, -0.2) is 22.9 Å². The molecule has 1 aliphatic rings. The van der Waals surface area contributed by atoms with E-state index in [9.17, 15) is 0 Å². The van der Waals surface area contributed by atoms with Crippen molar-refractivity contribution < 1.29 is 4.74 Å². The molecule has 1 fully saturated rings. The predicted octanol–water partition coefficient (Wildman–Crippen LogP) is 2.90. The number of halogens is 1. The normalized spacial score (nSPS) is 14.6. The SMILES string of the molecule is COc1ccc(Br)c(-n2ccc(CNC3CC3)n2)c1. The molecule has 0 aliphatic heterocycles. The molecule has 0 saturated heterocycles. The molecule has 100 valence electrons. The number of ether oxygens (including phenoxy) is 1. The molecule has 5 heteroatoms. The van der Waals surface area contributed by atoms with Gasteiger partial charge in [0.15, 0.2) is 0 Å². The van der Waals surface area contributed by atoms with Crippen molar-refractivity contribution in [3.8, 4) is 11.4 Å². The van der Waals surface area contributed by atoms with Crippen molar-refractivity contribution in [2.45, 2.75) is 25.4 Å². The van der Waals surface area contributed by atoms with Crippen molar-refractivity contribution in [2.24, 2.45) is 0 Å². The van der Waals surface area contributed by atoms with Gasteiger partial charge in [0.1, 0.15) is 5.75 Å². The topological polar surface area (TPSA) is 39.1 Å². The van der Waals surface area contributed by atoms with Gasteiger partial charge in [0.05, 0.1) is 18.5 Å². The summed E-state index contributed by atoms with van der Waals surface area (Å²) in [5.74, 6) is 0.825. The Kier molecular flexibility index (Phi) is 3.57. The highest BCUT2D eigenvalue weighted by Crippen LogP contribution is 2.25. The van der Waals surface area contributed by atoms with Gasteiger partial charge in [0.2, 0.25) is 0 Å². The zero-order valence-electron chi connectivity index (χ0n) is 10.8. The number of nitrogens with one attached hydrogen (secondary N) is 1. The second-order valence-corrected chi connectivity index (χ2v) is 5.58.